The summed E-state index contributed by atoms with van der Waals surface area (Å²) in [5.41, 5.74) is 0.657. The van der Waals surface area contributed by atoms with Crippen LogP contribution in [0.1, 0.15) is 0 Å². The first-order valence-electron chi connectivity index (χ1n) is 6.11. The normalized spacial score (nSPS) is 13.1. The highest BCUT2D eigenvalue weighted by Gasteiger charge is 2.21. The lowest BCUT2D eigenvalue weighted by Gasteiger charge is -2.20. The summed E-state index contributed by atoms with van der Waals surface area (Å²) in [5, 5.41) is 16.9. The number of nitrogens with zero attached hydrogens (tertiary/aromatic N) is 3. The Bertz CT molecular complexity index is 688. The van der Waals surface area contributed by atoms with Crippen LogP contribution in [0.2, 0.25) is 0 Å². The van der Waals surface area contributed by atoms with Gasteiger partial charge in [-0.05, 0) is 12.1 Å². The summed E-state index contributed by atoms with van der Waals surface area (Å²) in [6, 6.07) is 5.41. The Morgan fingerprint density at radius 2 is 2.19 bits per heavy atom. The molecule has 9 heteroatoms. The number of hydrogen-bond donors (Lipinski definition) is 2. The van der Waals surface area contributed by atoms with E-state index in [4.69, 9.17) is 20.4 Å². The summed E-state index contributed by atoms with van der Waals surface area (Å²) in [5.74, 6) is 6.44. The smallest absolute Gasteiger partial charge is 0.313 e. The Morgan fingerprint density at radius 3 is 3.00 bits per heavy atom. The quantitative estimate of drug-likeness (QED) is 0.624. The third-order valence-electron chi connectivity index (χ3n) is 2.80. The second-order valence-electron chi connectivity index (χ2n) is 4.19. The number of para-hydroxylation sites is 1. The molecule has 8 nitrogen and oxygen atoms in total. The van der Waals surface area contributed by atoms with Crippen LogP contribution in [0.25, 0.3) is 11.4 Å². The number of ether oxygens (including phenoxy) is 2. The highest BCUT2D eigenvalue weighted by atomic mass is 32.2. The molecule has 0 fully saturated rings. The van der Waals surface area contributed by atoms with Crippen molar-refractivity contribution in [1.82, 2.24) is 14.9 Å². The third kappa shape index (κ3) is 2.59. The number of carboxylic acids is 1. The monoisotopic (exact) mass is 308 g/mol. The van der Waals surface area contributed by atoms with Crippen LogP contribution < -0.4 is 15.3 Å². The van der Waals surface area contributed by atoms with Crippen molar-refractivity contribution in [2.45, 2.75) is 5.16 Å². The highest BCUT2D eigenvalue weighted by molar-refractivity contribution is 7.99. The van der Waals surface area contributed by atoms with Gasteiger partial charge in [-0.15, -0.1) is 10.2 Å². The second-order valence-corrected chi connectivity index (χ2v) is 5.13. The first-order chi connectivity index (χ1) is 10.2. The van der Waals surface area contributed by atoms with Crippen LogP contribution in [0.4, 0.5) is 0 Å². The molecule has 2 heterocycles. The number of aliphatic carboxylic acids is 1. The van der Waals surface area contributed by atoms with Crippen molar-refractivity contribution in [2.24, 2.45) is 0 Å². The number of carbonyl (C=O) groups is 1. The van der Waals surface area contributed by atoms with Crippen molar-refractivity contribution < 1.29 is 19.4 Å². The van der Waals surface area contributed by atoms with Crippen LogP contribution in [0, 0.1) is 0 Å². The van der Waals surface area contributed by atoms with Gasteiger partial charge in [0, 0.05) is 0 Å². The van der Waals surface area contributed by atoms with E-state index in [-0.39, 0.29) is 5.75 Å². The van der Waals surface area contributed by atoms with Gasteiger partial charge in [0.15, 0.2) is 17.3 Å². The minimum Gasteiger partial charge on any atom is -0.486 e. The Morgan fingerprint density at radius 1 is 1.38 bits per heavy atom. The highest BCUT2D eigenvalue weighted by Crippen LogP contribution is 2.39. The fourth-order valence-electron chi connectivity index (χ4n) is 1.94. The van der Waals surface area contributed by atoms with Gasteiger partial charge in [-0.3, -0.25) is 4.79 Å². The molecule has 0 unspecified atom stereocenters. The van der Waals surface area contributed by atoms with Crippen molar-refractivity contribution in [3.05, 3.63) is 18.2 Å². The Balaban J connectivity index is 1.96. The maximum Gasteiger partial charge on any atom is 0.313 e. The van der Waals surface area contributed by atoms with Crippen LogP contribution in [0.3, 0.4) is 0 Å². The van der Waals surface area contributed by atoms with Crippen molar-refractivity contribution in [3.8, 4) is 22.9 Å². The molecule has 0 saturated heterocycles. The zero-order valence-electron chi connectivity index (χ0n) is 10.9. The van der Waals surface area contributed by atoms with E-state index in [0.717, 1.165) is 11.8 Å². The van der Waals surface area contributed by atoms with Gasteiger partial charge in [0.05, 0.1) is 11.3 Å². The summed E-state index contributed by atoms with van der Waals surface area (Å²) in [6.45, 7) is 0.939. The maximum atomic E-state index is 10.6. The molecule has 1 aliphatic rings. The number of carboxylic acid groups (broad SMARTS) is 1. The average Bonchev–Trinajstić information content (AvgIpc) is 2.85. The number of rotatable bonds is 4. The Hall–Kier alpha value is -2.42. The van der Waals surface area contributed by atoms with Crippen molar-refractivity contribution >= 4 is 17.7 Å². The van der Waals surface area contributed by atoms with Crippen LogP contribution in [0.15, 0.2) is 23.4 Å². The molecule has 0 amide bonds. The van der Waals surface area contributed by atoms with E-state index < -0.39 is 5.97 Å². The van der Waals surface area contributed by atoms with E-state index in [0.29, 0.717) is 41.3 Å². The molecule has 0 aliphatic carbocycles. The predicted molar refractivity (Wildman–Crippen MR) is 75.0 cm³/mol. The Kier molecular flexibility index (Phi) is 3.57. The largest absolute Gasteiger partial charge is 0.486 e. The number of hydrogen-bond acceptors (Lipinski definition) is 7. The molecule has 0 bridgehead atoms. The molecule has 2 aromatic rings. The van der Waals surface area contributed by atoms with Crippen LogP contribution in [0.5, 0.6) is 11.5 Å². The van der Waals surface area contributed by atoms with E-state index in [2.05, 4.69) is 10.2 Å². The van der Waals surface area contributed by atoms with Crippen LogP contribution >= 0.6 is 11.8 Å². The predicted octanol–water partition coefficient (Wildman–Crippen LogP) is 0.607. The molecule has 3 N–H and O–H groups in total. The molecule has 21 heavy (non-hydrogen) atoms. The molecule has 1 aromatic carbocycles. The molecule has 3 rings (SSSR count). The van der Waals surface area contributed by atoms with Gasteiger partial charge < -0.3 is 20.4 Å². The fraction of sp³-hybridized carbons (Fsp3) is 0.250. The van der Waals surface area contributed by atoms with Gasteiger partial charge in [-0.25, -0.2) is 4.68 Å². The van der Waals surface area contributed by atoms with Gasteiger partial charge >= 0.3 is 5.97 Å². The molecule has 1 aromatic heterocycles. The lowest BCUT2D eigenvalue weighted by atomic mass is 10.1. The number of nitrogen functional groups attached to an aromatic ring is 1. The van der Waals surface area contributed by atoms with Gasteiger partial charge in [-0.2, -0.15) is 0 Å². The maximum absolute atomic E-state index is 10.6. The second kappa shape index (κ2) is 5.52. The summed E-state index contributed by atoms with van der Waals surface area (Å²) >= 11 is 1.00. The van der Waals surface area contributed by atoms with Gasteiger partial charge in [0.1, 0.15) is 13.2 Å². The lowest BCUT2D eigenvalue weighted by molar-refractivity contribution is -0.133. The number of benzene rings is 1. The molecule has 0 atom stereocenters. The fourth-order valence-corrected chi connectivity index (χ4v) is 2.51. The summed E-state index contributed by atoms with van der Waals surface area (Å²) in [4.78, 5) is 10.6. The summed E-state index contributed by atoms with van der Waals surface area (Å²) < 4.78 is 12.4. The van der Waals surface area contributed by atoms with Crippen LogP contribution in [-0.2, 0) is 4.79 Å². The van der Waals surface area contributed by atoms with E-state index in [1.54, 1.807) is 12.1 Å². The SMILES string of the molecule is Nn1c(SCC(=O)O)nnc1-c1cccc2c1OCCO2. The molecule has 110 valence electrons. The lowest BCUT2D eigenvalue weighted by Crippen LogP contribution is -2.17. The van der Waals surface area contributed by atoms with E-state index in [1.807, 2.05) is 6.07 Å². The van der Waals surface area contributed by atoms with Crippen molar-refractivity contribution in [3.63, 3.8) is 0 Å². The molecule has 0 spiro atoms. The van der Waals surface area contributed by atoms with E-state index in [9.17, 15) is 4.79 Å². The topological polar surface area (TPSA) is 112 Å². The first kappa shape index (κ1) is 13.6. The zero-order valence-corrected chi connectivity index (χ0v) is 11.7. The standard InChI is InChI=1S/C12H12N4O4S/c13-16-11(14-15-12(16)21-6-9(17)18)7-2-1-3-8-10(7)20-5-4-19-8/h1-3H,4-6,13H2,(H,17,18). The van der Waals surface area contributed by atoms with Gasteiger partial charge in [-0.1, -0.05) is 17.8 Å². The molecule has 0 radical (unpaired) electrons. The zero-order chi connectivity index (χ0) is 14.8. The van der Waals surface area contributed by atoms with Gasteiger partial charge in [0.2, 0.25) is 5.16 Å². The molecular formula is C12H12N4O4S. The van der Waals surface area contributed by atoms with Gasteiger partial charge in [0.25, 0.3) is 0 Å². The first-order valence-corrected chi connectivity index (χ1v) is 7.09. The number of nitrogens with two attached hydrogens (primary N) is 1. The molecular weight excluding hydrogens is 296 g/mol. The third-order valence-corrected chi connectivity index (χ3v) is 3.72. The number of fused-ring (bicyclic) bond motifs is 1. The molecule has 1 aliphatic heterocycles. The molecule has 0 saturated carbocycles. The Labute approximate surface area is 123 Å². The minimum absolute atomic E-state index is 0.137. The van der Waals surface area contributed by atoms with E-state index >= 15 is 0 Å². The minimum atomic E-state index is -0.946. The van der Waals surface area contributed by atoms with Crippen LogP contribution in [-0.4, -0.2) is 44.9 Å². The van der Waals surface area contributed by atoms with E-state index in [1.165, 1.54) is 4.68 Å². The number of aromatic nitrogens is 3. The van der Waals surface area contributed by atoms with Crippen molar-refractivity contribution in [1.29, 1.82) is 0 Å². The average molecular weight is 308 g/mol. The van der Waals surface area contributed by atoms with Crippen molar-refractivity contribution in [2.75, 3.05) is 24.8 Å². The number of thioether (sulfide) groups is 1. The summed E-state index contributed by atoms with van der Waals surface area (Å²) in [7, 11) is 0. The summed E-state index contributed by atoms with van der Waals surface area (Å²) in [6.07, 6.45) is 0.